The summed E-state index contributed by atoms with van der Waals surface area (Å²) in [6, 6.07) is 18.2. The Morgan fingerprint density at radius 2 is 1.78 bits per heavy atom. The van der Waals surface area contributed by atoms with Crippen LogP contribution in [-0.4, -0.2) is 11.5 Å². The maximum absolute atomic E-state index is 12.4. The molecule has 1 aliphatic rings. The van der Waals surface area contributed by atoms with Crippen molar-refractivity contribution in [2.24, 2.45) is 0 Å². The van der Waals surface area contributed by atoms with Crippen LogP contribution in [0.5, 0.6) is 0 Å². The molecule has 0 bridgehead atoms. The smallest absolute Gasteiger partial charge is 0.145 e. The van der Waals surface area contributed by atoms with E-state index < -0.39 is 0 Å². The third-order valence-corrected chi connectivity index (χ3v) is 4.49. The second kappa shape index (κ2) is 4.99. The fourth-order valence-corrected chi connectivity index (χ4v) is 3.61. The summed E-state index contributed by atoms with van der Waals surface area (Å²) in [6.45, 7) is 0. The van der Waals surface area contributed by atoms with E-state index in [-0.39, 0.29) is 5.92 Å². The maximum Gasteiger partial charge on any atom is 0.145 e. The Bertz CT molecular complexity index is 562. The number of rotatable bonds is 3. The van der Waals surface area contributed by atoms with Gasteiger partial charge in [0.2, 0.25) is 0 Å². The molecule has 0 aliphatic carbocycles. The van der Waals surface area contributed by atoms with Crippen molar-refractivity contribution in [1.82, 2.24) is 0 Å². The van der Waals surface area contributed by atoms with Gasteiger partial charge < -0.3 is 0 Å². The van der Waals surface area contributed by atoms with E-state index >= 15 is 0 Å². The highest BCUT2D eigenvalue weighted by molar-refractivity contribution is 7.99. The molecule has 0 N–H and O–H groups in total. The molecule has 1 nitrogen and oxygen atoms in total. The topological polar surface area (TPSA) is 17.1 Å². The Balaban J connectivity index is 1.79. The lowest BCUT2D eigenvalue weighted by Gasteiger charge is -2.09. The molecule has 0 fully saturated rings. The summed E-state index contributed by atoms with van der Waals surface area (Å²) in [6.07, 6.45) is 0.542. The van der Waals surface area contributed by atoms with Gasteiger partial charge in [0.05, 0.1) is 5.92 Å². The molecule has 0 spiro atoms. The van der Waals surface area contributed by atoms with Crippen LogP contribution in [0.25, 0.3) is 0 Å². The predicted octanol–water partition coefficient (Wildman–Crippen LogP) is 3.69. The molecule has 90 valence electrons. The Labute approximate surface area is 111 Å². The Kier molecular flexibility index (Phi) is 3.20. The molecule has 0 amide bonds. The SMILES string of the molecule is O=C(Cc1ccccc1)C1CSc2ccccc21. The molecule has 2 aromatic carbocycles. The second-order valence-corrected chi connectivity index (χ2v) is 5.59. The summed E-state index contributed by atoms with van der Waals surface area (Å²) in [5, 5.41) is 0. The summed E-state index contributed by atoms with van der Waals surface area (Å²) in [5.74, 6) is 1.30. The van der Waals surface area contributed by atoms with Gasteiger partial charge in [-0.1, -0.05) is 48.5 Å². The molecule has 1 atom stereocenters. The zero-order chi connectivity index (χ0) is 12.4. The summed E-state index contributed by atoms with van der Waals surface area (Å²) in [4.78, 5) is 13.6. The van der Waals surface area contributed by atoms with Crippen LogP contribution in [0.1, 0.15) is 17.0 Å². The van der Waals surface area contributed by atoms with Gasteiger partial charge in [0.25, 0.3) is 0 Å². The van der Waals surface area contributed by atoms with E-state index in [9.17, 15) is 4.79 Å². The van der Waals surface area contributed by atoms with E-state index in [0.717, 1.165) is 11.3 Å². The van der Waals surface area contributed by atoms with Crippen molar-refractivity contribution in [3.63, 3.8) is 0 Å². The average molecular weight is 254 g/mol. The van der Waals surface area contributed by atoms with Gasteiger partial charge in [-0.25, -0.2) is 0 Å². The molecule has 1 unspecified atom stereocenters. The van der Waals surface area contributed by atoms with Crippen LogP contribution in [0.3, 0.4) is 0 Å². The number of Topliss-reactive ketones (excluding diaryl/α,β-unsaturated/α-hetero) is 1. The van der Waals surface area contributed by atoms with Gasteiger partial charge in [-0.3, -0.25) is 4.79 Å². The minimum atomic E-state index is 0.0754. The first kappa shape index (κ1) is 11.5. The largest absolute Gasteiger partial charge is 0.299 e. The van der Waals surface area contributed by atoms with E-state index in [1.165, 1.54) is 10.5 Å². The molecule has 2 heteroatoms. The van der Waals surface area contributed by atoms with Crippen LogP contribution >= 0.6 is 11.8 Å². The lowest BCUT2D eigenvalue weighted by Crippen LogP contribution is -2.14. The molecule has 0 saturated carbocycles. The van der Waals surface area contributed by atoms with Crippen LogP contribution in [0.2, 0.25) is 0 Å². The number of carbonyl (C=O) groups excluding carboxylic acids is 1. The molecule has 18 heavy (non-hydrogen) atoms. The fourth-order valence-electron chi connectivity index (χ4n) is 2.35. The van der Waals surface area contributed by atoms with Crippen molar-refractivity contribution in [2.45, 2.75) is 17.2 Å². The minimum absolute atomic E-state index is 0.0754. The normalized spacial score (nSPS) is 17.4. The van der Waals surface area contributed by atoms with Gasteiger partial charge in [0.1, 0.15) is 5.78 Å². The molecule has 3 rings (SSSR count). The fraction of sp³-hybridized carbons (Fsp3) is 0.188. The summed E-state index contributed by atoms with van der Waals surface area (Å²) in [7, 11) is 0. The van der Waals surface area contributed by atoms with Gasteiger partial charge in [-0.05, 0) is 17.2 Å². The van der Waals surface area contributed by atoms with E-state index in [4.69, 9.17) is 0 Å². The Morgan fingerprint density at radius 3 is 2.61 bits per heavy atom. The van der Waals surface area contributed by atoms with Crippen molar-refractivity contribution < 1.29 is 4.79 Å². The summed E-state index contributed by atoms with van der Waals surface area (Å²) >= 11 is 1.79. The number of thioether (sulfide) groups is 1. The van der Waals surface area contributed by atoms with Crippen LogP contribution in [0, 0.1) is 0 Å². The third kappa shape index (κ3) is 2.21. The van der Waals surface area contributed by atoms with Crippen molar-refractivity contribution in [2.75, 3.05) is 5.75 Å². The average Bonchev–Trinajstić information content (AvgIpc) is 2.84. The van der Waals surface area contributed by atoms with Crippen LogP contribution < -0.4 is 0 Å². The first-order chi connectivity index (χ1) is 8.84. The van der Waals surface area contributed by atoms with Gasteiger partial charge >= 0.3 is 0 Å². The maximum atomic E-state index is 12.4. The molecule has 1 aliphatic heterocycles. The van der Waals surface area contributed by atoms with E-state index in [0.29, 0.717) is 12.2 Å². The highest BCUT2D eigenvalue weighted by Crippen LogP contribution is 2.40. The van der Waals surface area contributed by atoms with Gasteiger partial charge in [0.15, 0.2) is 0 Å². The van der Waals surface area contributed by atoms with Crippen molar-refractivity contribution in [3.8, 4) is 0 Å². The zero-order valence-corrected chi connectivity index (χ0v) is 10.8. The predicted molar refractivity (Wildman–Crippen MR) is 75.1 cm³/mol. The molecule has 1 heterocycles. The van der Waals surface area contributed by atoms with E-state index in [1.54, 1.807) is 11.8 Å². The van der Waals surface area contributed by atoms with Crippen LogP contribution in [0.4, 0.5) is 0 Å². The number of fused-ring (bicyclic) bond motifs is 1. The number of hydrogen-bond donors (Lipinski definition) is 0. The van der Waals surface area contributed by atoms with Crippen molar-refractivity contribution in [1.29, 1.82) is 0 Å². The first-order valence-corrected chi connectivity index (χ1v) is 7.11. The standard InChI is InChI=1S/C16H14OS/c17-15(10-12-6-2-1-3-7-12)14-11-18-16-9-5-4-8-13(14)16/h1-9,14H,10-11H2. The number of carbonyl (C=O) groups is 1. The molecular weight excluding hydrogens is 240 g/mol. The van der Waals surface area contributed by atoms with Gasteiger partial charge in [-0.2, -0.15) is 0 Å². The summed E-state index contributed by atoms with van der Waals surface area (Å²) in [5.41, 5.74) is 2.32. The molecule has 0 radical (unpaired) electrons. The highest BCUT2D eigenvalue weighted by atomic mass is 32.2. The zero-order valence-electron chi connectivity index (χ0n) is 10.0. The molecular formula is C16H14OS. The minimum Gasteiger partial charge on any atom is -0.299 e. The Hall–Kier alpha value is -1.54. The molecule has 0 saturated heterocycles. The van der Waals surface area contributed by atoms with Crippen LogP contribution in [-0.2, 0) is 11.2 Å². The first-order valence-electron chi connectivity index (χ1n) is 6.13. The quantitative estimate of drug-likeness (QED) is 0.831. The van der Waals surface area contributed by atoms with Gasteiger partial charge in [0, 0.05) is 17.1 Å². The number of hydrogen-bond acceptors (Lipinski definition) is 2. The monoisotopic (exact) mass is 254 g/mol. The van der Waals surface area contributed by atoms with Crippen molar-refractivity contribution >= 4 is 17.5 Å². The molecule has 2 aromatic rings. The van der Waals surface area contributed by atoms with Crippen molar-refractivity contribution in [3.05, 3.63) is 65.7 Å². The lowest BCUT2D eigenvalue weighted by molar-refractivity contribution is -0.119. The highest BCUT2D eigenvalue weighted by Gasteiger charge is 2.28. The number of ketones is 1. The second-order valence-electron chi connectivity index (χ2n) is 4.53. The molecule has 0 aromatic heterocycles. The van der Waals surface area contributed by atoms with Gasteiger partial charge in [-0.15, -0.1) is 11.8 Å². The number of benzene rings is 2. The lowest BCUT2D eigenvalue weighted by atomic mass is 9.93. The van der Waals surface area contributed by atoms with Crippen LogP contribution in [0.15, 0.2) is 59.5 Å². The third-order valence-electron chi connectivity index (χ3n) is 3.31. The Morgan fingerprint density at radius 1 is 1.06 bits per heavy atom. The summed E-state index contributed by atoms with van der Waals surface area (Å²) < 4.78 is 0. The van der Waals surface area contributed by atoms with E-state index in [1.807, 2.05) is 42.5 Å². The van der Waals surface area contributed by atoms with E-state index in [2.05, 4.69) is 12.1 Å².